The molecule has 0 saturated carbocycles. The number of aliphatic hydroxyl groups is 1. The van der Waals surface area contributed by atoms with E-state index in [1.54, 1.807) is 30.3 Å². The van der Waals surface area contributed by atoms with Crippen LogP contribution in [0.25, 0.3) is 5.76 Å². The van der Waals surface area contributed by atoms with Crippen LogP contribution in [0.4, 0.5) is 5.69 Å². The van der Waals surface area contributed by atoms with Crippen molar-refractivity contribution in [3.8, 4) is 17.2 Å². The van der Waals surface area contributed by atoms with Gasteiger partial charge in [0.2, 0.25) is 0 Å². The van der Waals surface area contributed by atoms with Crippen LogP contribution in [0.2, 0.25) is 10.0 Å². The molecule has 1 atom stereocenters. The Morgan fingerprint density at radius 1 is 1.03 bits per heavy atom. The fourth-order valence-electron chi connectivity index (χ4n) is 3.86. The highest BCUT2D eigenvalue weighted by Gasteiger charge is 2.48. The van der Waals surface area contributed by atoms with Gasteiger partial charge in [-0.1, -0.05) is 41.4 Å². The van der Waals surface area contributed by atoms with Gasteiger partial charge >= 0.3 is 0 Å². The highest BCUT2D eigenvalue weighted by Crippen LogP contribution is 2.48. The van der Waals surface area contributed by atoms with Crippen molar-refractivity contribution in [3.05, 3.63) is 81.6 Å². The highest BCUT2D eigenvalue weighted by atomic mass is 35.5. The molecule has 0 aliphatic carbocycles. The number of carbonyl (C=O) groups is 2. The molecule has 2 heterocycles. The van der Waals surface area contributed by atoms with Gasteiger partial charge in [0.05, 0.1) is 41.8 Å². The number of halogens is 2. The van der Waals surface area contributed by atoms with E-state index in [1.807, 2.05) is 0 Å². The van der Waals surface area contributed by atoms with Crippen LogP contribution in [-0.4, -0.2) is 41.1 Å². The number of hydrogen-bond donors (Lipinski definition) is 2. The van der Waals surface area contributed by atoms with E-state index < -0.39 is 23.5 Å². The number of amides is 1. The van der Waals surface area contributed by atoms with Crippen molar-refractivity contribution in [1.29, 1.82) is 0 Å². The normalized spacial score (nSPS) is 17.2. The third-order valence-electron chi connectivity index (χ3n) is 5.35. The number of Topliss-reactive ketones (excluding diaryl/α,β-unsaturated/α-hetero) is 1. The molecule has 1 aliphatic rings. The van der Waals surface area contributed by atoms with Gasteiger partial charge in [0, 0.05) is 6.20 Å². The number of aliphatic hydroxyl groups excluding tert-OH is 1. The lowest BCUT2D eigenvalue weighted by molar-refractivity contribution is -0.132. The number of ketones is 1. The number of nitrogens with zero attached hydrogens (tertiary/aromatic N) is 2. The minimum absolute atomic E-state index is 0.00561. The number of pyridine rings is 1. The Kier molecular flexibility index (Phi) is 6.37. The maximum absolute atomic E-state index is 13.2. The molecule has 1 aliphatic heterocycles. The maximum Gasteiger partial charge on any atom is 0.300 e. The summed E-state index contributed by atoms with van der Waals surface area (Å²) in [4.78, 5) is 31.8. The van der Waals surface area contributed by atoms with Gasteiger partial charge in [0.25, 0.3) is 11.7 Å². The highest BCUT2D eigenvalue weighted by molar-refractivity contribution is 6.52. The molecule has 1 unspecified atom stereocenters. The first kappa shape index (κ1) is 23.4. The summed E-state index contributed by atoms with van der Waals surface area (Å²) >= 11 is 12.6. The average Bonchev–Trinajstić information content (AvgIpc) is 3.10. The van der Waals surface area contributed by atoms with Crippen molar-refractivity contribution in [2.24, 2.45) is 0 Å². The Balaban J connectivity index is 2.03. The van der Waals surface area contributed by atoms with Gasteiger partial charge in [-0.05, 0) is 30.3 Å². The monoisotopic (exact) mass is 500 g/mol. The number of phenols is 1. The Hall–Kier alpha value is -3.75. The van der Waals surface area contributed by atoms with Crippen molar-refractivity contribution in [2.75, 3.05) is 19.1 Å². The molecule has 174 valence electrons. The van der Waals surface area contributed by atoms with E-state index >= 15 is 0 Å². The molecule has 2 aromatic carbocycles. The van der Waals surface area contributed by atoms with Gasteiger partial charge in [0.15, 0.2) is 11.5 Å². The van der Waals surface area contributed by atoms with E-state index in [2.05, 4.69) is 4.98 Å². The van der Waals surface area contributed by atoms with E-state index in [9.17, 15) is 19.8 Å². The Morgan fingerprint density at radius 2 is 1.71 bits per heavy atom. The second-order valence-electron chi connectivity index (χ2n) is 7.20. The van der Waals surface area contributed by atoms with E-state index in [0.29, 0.717) is 0 Å². The Labute approximate surface area is 204 Å². The van der Waals surface area contributed by atoms with Crippen molar-refractivity contribution in [3.63, 3.8) is 0 Å². The van der Waals surface area contributed by atoms with E-state index in [1.165, 1.54) is 38.6 Å². The number of aromatic hydroxyl groups is 1. The number of phenolic OH excluding ortho intramolecular Hbond substituents is 1. The summed E-state index contributed by atoms with van der Waals surface area (Å²) in [7, 11) is 2.69. The van der Waals surface area contributed by atoms with Crippen LogP contribution in [0.15, 0.2) is 60.3 Å². The molecular weight excluding hydrogens is 483 g/mol. The first-order valence-electron chi connectivity index (χ1n) is 9.92. The predicted octanol–water partition coefficient (Wildman–Crippen LogP) is 4.74. The second kappa shape index (κ2) is 9.24. The number of hydrogen-bond acceptors (Lipinski definition) is 7. The minimum atomic E-state index is -1.15. The van der Waals surface area contributed by atoms with Gasteiger partial charge in [0.1, 0.15) is 22.6 Å². The van der Waals surface area contributed by atoms with Gasteiger partial charge < -0.3 is 19.7 Å². The number of methoxy groups -OCH3 is 2. The summed E-state index contributed by atoms with van der Waals surface area (Å²) in [5, 5.41) is 21.8. The number of carbonyl (C=O) groups excluding carboxylic acids is 2. The van der Waals surface area contributed by atoms with Crippen molar-refractivity contribution < 1.29 is 29.3 Å². The van der Waals surface area contributed by atoms with Gasteiger partial charge in [-0.2, -0.15) is 0 Å². The predicted molar refractivity (Wildman–Crippen MR) is 127 cm³/mol. The molecule has 4 rings (SSSR count). The first-order chi connectivity index (χ1) is 16.3. The zero-order valence-corrected chi connectivity index (χ0v) is 19.5. The summed E-state index contributed by atoms with van der Waals surface area (Å²) in [5.41, 5.74) is 0.0744. The van der Waals surface area contributed by atoms with Crippen molar-refractivity contribution >= 4 is 46.3 Å². The fourth-order valence-corrected chi connectivity index (χ4v) is 4.55. The van der Waals surface area contributed by atoms with Crippen LogP contribution in [0, 0.1) is 0 Å². The molecule has 8 nitrogen and oxygen atoms in total. The van der Waals surface area contributed by atoms with E-state index in [4.69, 9.17) is 32.7 Å². The number of ether oxygens (including phenoxy) is 2. The molecule has 0 radical (unpaired) electrons. The average molecular weight is 501 g/mol. The molecule has 2 N–H and O–H groups in total. The lowest BCUT2D eigenvalue weighted by Gasteiger charge is -2.25. The van der Waals surface area contributed by atoms with E-state index in [-0.39, 0.29) is 49.8 Å². The molecule has 10 heteroatoms. The smallest absolute Gasteiger partial charge is 0.300 e. The van der Waals surface area contributed by atoms with Gasteiger partial charge in [-0.3, -0.25) is 19.5 Å². The topological polar surface area (TPSA) is 109 Å². The van der Waals surface area contributed by atoms with Crippen molar-refractivity contribution in [1.82, 2.24) is 4.98 Å². The first-order valence-corrected chi connectivity index (χ1v) is 10.7. The van der Waals surface area contributed by atoms with Crippen LogP contribution in [-0.2, 0) is 9.59 Å². The zero-order chi connectivity index (χ0) is 24.6. The molecule has 1 fully saturated rings. The van der Waals surface area contributed by atoms with Gasteiger partial charge in [-0.15, -0.1) is 0 Å². The third-order valence-corrected chi connectivity index (χ3v) is 5.97. The fraction of sp³-hybridized carbons (Fsp3) is 0.125. The summed E-state index contributed by atoms with van der Waals surface area (Å²) in [5.74, 6) is -2.62. The number of anilines is 1. The number of para-hydroxylation sites is 2. The second-order valence-corrected chi connectivity index (χ2v) is 7.98. The summed E-state index contributed by atoms with van der Waals surface area (Å²) < 4.78 is 10.5. The van der Waals surface area contributed by atoms with Crippen LogP contribution in [0.3, 0.4) is 0 Å². The summed E-state index contributed by atoms with van der Waals surface area (Å²) in [6.07, 6.45) is 1.49. The quantitative estimate of drug-likeness (QED) is 0.295. The molecule has 0 bridgehead atoms. The van der Waals surface area contributed by atoms with Gasteiger partial charge in [-0.25, -0.2) is 0 Å². The molecule has 3 aromatic rings. The molecule has 1 aromatic heterocycles. The van der Waals surface area contributed by atoms with Crippen molar-refractivity contribution in [2.45, 2.75) is 6.04 Å². The Morgan fingerprint density at radius 3 is 2.32 bits per heavy atom. The standard InChI is InChI=1S/C24H18Cl2N2O6/c1-33-22-12(11-13(25)23(34-2)18(22)26)20(30)17-19(14-7-5-6-10-27-14)28(24(32)21(17)31)15-8-3-4-9-16(15)29/h3-11,19,29-30H,1-2H3/b20-17+. The molecule has 1 saturated heterocycles. The van der Waals surface area contributed by atoms with E-state index in [0.717, 1.165) is 4.90 Å². The lowest BCUT2D eigenvalue weighted by Crippen LogP contribution is -2.29. The van der Waals surface area contributed by atoms with Crippen LogP contribution in [0.1, 0.15) is 17.3 Å². The zero-order valence-electron chi connectivity index (χ0n) is 18.0. The largest absolute Gasteiger partial charge is 0.507 e. The maximum atomic E-state index is 13.2. The molecule has 1 amide bonds. The molecular formula is C24H18Cl2N2O6. The third kappa shape index (κ3) is 3.70. The van der Waals surface area contributed by atoms with Crippen LogP contribution >= 0.6 is 23.2 Å². The number of benzene rings is 2. The number of aromatic nitrogens is 1. The summed E-state index contributed by atoms with van der Waals surface area (Å²) in [6.45, 7) is 0. The minimum Gasteiger partial charge on any atom is -0.507 e. The SMILES string of the molecule is COc1c(Cl)cc(/C(O)=C2\C(=O)C(=O)N(c3ccccc3O)C2c2ccccn2)c(OC)c1Cl. The number of rotatable bonds is 5. The summed E-state index contributed by atoms with van der Waals surface area (Å²) in [6, 6.07) is 11.2. The van der Waals surface area contributed by atoms with Crippen LogP contribution in [0.5, 0.6) is 17.2 Å². The molecule has 0 spiro atoms. The lowest BCUT2D eigenvalue weighted by atomic mass is 9.97. The van der Waals surface area contributed by atoms with Crippen LogP contribution < -0.4 is 14.4 Å². The Bertz CT molecular complexity index is 1330. The molecule has 34 heavy (non-hydrogen) atoms.